The number of nitrogens with one attached hydrogen (secondary N) is 1. The van der Waals surface area contributed by atoms with Gasteiger partial charge in [-0.25, -0.2) is 0 Å². The molecular formula is C13H27N3. The molecule has 0 aromatic rings. The number of nitrogens with two attached hydrogens (primary N) is 1. The van der Waals surface area contributed by atoms with Crippen molar-refractivity contribution in [1.29, 1.82) is 0 Å². The van der Waals surface area contributed by atoms with Crippen LogP contribution >= 0.6 is 0 Å². The van der Waals surface area contributed by atoms with Crippen molar-refractivity contribution in [3.05, 3.63) is 0 Å². The lowest BCUT2D eigenvalue weighted by molar-refractivity contribution is 0.134. The first-order valence-corrected chi connectivity index (χ1v) is 6.83. The van der Waals surface area contributed by atoms with Crippen LogP contribution in [0.1, 0.15) is 32.1 Å². The SMILES string of the molecule is CN1CCC(CNCC2(CN)CCC2)CC1. The fraction of sp³-hybridized carbons (Fsp3) is 1.00. The van der Waals surface area contributed by atoms with Gasteiger partial charge in [0, 0.05) is 6.54 Å². The number of likely N-dealkylation sites (tertiary alicyclic amines) is 1. The molecule has 3 heteroatoms. The molecule has 1 aliphatic heterocycles. The lowest BCUT2D eigenvalue weighted by Gasteiger charge is -2.41. The van der Waals surface area contributed by atoms with Gasteiger partial charge in [-0.05, 0) is 70.2 Å². The second-order valence-electron chi connectivity index (χ2n) is 5.94. The van der Waals surface area contributed by atoms with Crippen LogP contribution in [0.25, 0.3) is 0 Å². The van der Waals surface area contributed by atoms with Gasteiger partial charge in [-0.2, -0.15) is 0 Å². The molecule has 3 nitrogen and oxygen atoms in total. The Bertz CT molecular complexity index is 200. The fourth-order valence-corrected chi connectivity index (χ4v) is 2.94. The van der Waals surface area contributed by atoms with Gasteiger partial charge in [0.25, 0.3) is 0 Å². The summed E-state index contributed by atoms with van der Waals surface area (Å²) in [5.74, 6) is 0.895. The lowest BCUT2D eigenvalue weighted by atomic mass is 9.69. The minimum Gasteiger partial charge on any atom is -0.330 e. The Morgan fingerprint density at radius 2 is 2.00 bits per heavy atom. The molecule has 2 fully saturated rings. The van der Waals surface area contributed by atoms with Crippen LogP contribution in [0, 0.1) is 11.3 Å². The van der Waals surface area contributed by atoms with E-state index in [1.807, 2.05) is 0 Å². The van der Waals surface area contributed by atoms with Crippen LogP contribution in [0.5, 0.6) is 0 Å². The fourth-order valence-electron chi connectivity index (χ4n) is 2.94. The third-order valence-corrected chi connectivity index (χ3v) is 4.62. The van der Waals surface area contributed by atoms with E-state index in [-0.39, 0.29) is 0 Å². The van der Waals surface area contributed by atoms with Gasteiger partial charge in [-0.15, -0.1) is 0 Å². The zero-order valence-electron chi connectivity index (χ0n) is 10.7. The van der Waals surface area contributed by atoms with Gasteiger partial charge in [-0.1, -0.05) is 6.42 Å². The van der Waals surface area contributed by atoms with Crippen LogP contribution in [0.2, 0.25) is 0 Å². The number of hydrogen-bond acceptors (Lipinski definition) is 3. The molecule has 0 atom stereocenters. The minimum absolute atomic E-state index is 0.464. The summed E-state index contributed by atoms with van der Waals surface area (Å²) in [6.07, 6.45) is 6.78. The molecule has 2 aliphatic rings. The molecule has 0 aromatic carbocycles. The Balaban J connectivity index is 1.61. The second kappa shape index (κ2) is 5.48. The normalized spacial score (nSPS) is 26.6. The van der Waals surface area contributed by atoms with Crippen LogP contribution in [0.4, 0.5) is 0 Å². The molecule has 1 aliphatic carbocycles. The molecule has 0 bridgehead atoms. The topological polar surface area (TPSA) is 41.3 Å². The van der Waals surface area contributed by atoms with Crippen molar-refractivity contribution in [2.24, 2.45) is 17.1 Å². The molecule has 0 spiro atoms. The quantitative estimate of drug-likeness (QED) is 0.735. The Kier molecular flexibility index (Phi) is 4.22. The van der Waals surface area contributed by atoms with Crippen LogP contribution in [0.15, 0.2) is 0 Å². The minimum atomic E-state index is 0.464. The average Bonchev–Trinajstić information content (AvgIpc) is 2.25. The van der Waals surface area contributed by atoms with Gasteiger partial charge >= 0.3 is 0 Å². The van der Waals surface area contributed by atoms with E-state index >= 15 is 0 Å². The molecule has 0 unspecified atom stereocenters. The van der Waals surface area contributed by atoms with Gasteiger partial charge < -0.3 is 16.0 Å². The van der Waals surface area contributed by atoms with E-state index in [9.17, 15) is 0 Å². The predicted molar refractivity (Wildman–Crippen MR) is 68.4 cm³/mol. The van der Waals surface area contributed by atoms with Crippen molar-refractivity contribution in [2.75, 3.05) is 39.8 Å². The molecule has 2 rings (SSSR count). The van der Waals surface area contributed by atoms with Crippen molar-refractivity contribution < 1.29 is 0 Å². The van der Waals surface area contributed by atoms with E-state index in [0.29, 0.717) is 5.41 Å². The summed E-state index contributed by atoms with van der Waals surface area (Å²) in [5, 5.41) is 3.67. The first-order valence-electron chi connectivity index (χ1n) is 6.83. The molecule has 1 heterocycles. The van der Waals surface area contributed by atoms with Gasteiger partial charge in [0.2, 0.25) is 0 Å². The third kappa shape index (κ3) is 2.96. The second-order valence-corrected chi connectivity index (χ2v) is 5.94. The maximum atomic E-state index is 5.86. The van der Waals surface area contributed by atoms with E-state index in [0.717, 1.165) is 19.0 Å². The van der Waals surface area contributed by atoms with E-state index in [4.69, 9.17) is 5.73 Å². The zero-order valence-corrected chi connectivity index (χ0v) is 10.7. The summed E-state index contributed by atoms with van der Waals surface area (Å²) in [6, 6.07) is 0. The summed E-state index contributed by atoms with van der Waals surface area (Å²) in [6.45, 7) is 5.77. The molecule has 1 saturated heterocycles. The van der Waals surface area contributed by atoms with E-state index in [2.05, 4.69) is 17.3 Å². The number of rotatable bonds is 5. The van der Waals surface area contributed by atoms with Gasteiger partial charge in [0.1, 0.15) is 0 Å². The highest BCUT2D eigenvalue weighted by molar-refractivity contribution is 4.90. The smallest absolute Gasteiger partial charge is 0.00200 e. The van der Waals surface area contributed by atoms with Crippen molar-refractivity contribution in [2.45, 2.75) is 32.1 Å². The maximum Gasteiger partial charge on any atom is 0.00200 e. The molecule has 0 aromatic heterocycles. The first-order chi connectivity index (χ1) is 7.74. The summed E-state index contributed by atoms with van der Waals surface area (Å²) in [5.41, 5.74) is 6.32. The molecule has 16 heavy (non-hydrogen) atoms. The predicted octanol–water partition coefficient (Wildman–Crippen LogP) is 1.05. The summed E-state index contributed by atoms with van der Waals surface area (Å²) in [7, 11) is 2.22. The Hall–Kier alpha value is -0.120. The molecule has 94 valence electrons. The van der Waals surface area contributed by atoms with Gasteiger partial charge in [0.15, 0.2) is 0 Å². The van der Waals surface area contributed by atoms with E-state index in [1.54, 1.807) is 0 Å². The van der Waals surface area contributed by atoms with E-state index in [1.165, 1.54) is 51.7 Å². The summed E-state index contributed by atoms with van der Waals surface area (Å²) >= 11 is 0. The van der Waals surface area contributed by atoms with Crippen molar-refractivity contribution in [1.82, 2.24) is 10.2 Å². The van der Waals surface area contributed by atoms with Crippen LogP contribution in [0.3, 0.4) is 0 Å². The van der Waals surface area contributed by atoms with Crippen LogP contribution in [-0.2, 0) is 0 Å². The van der Waals surface area contributed by atoms with Gasteiger partial charge in [0.05, 0.1) is 0 Å². The monoisotopic (exact) mass is 225 g/mol. The van der Waals surface area contributed by atoms with Crippen LogP contribution in [-0.4, -0.2) is 44.7 Å². The highest BCUT2D eigenvalue weighted by Gasteiger charge is 2.35. The molecule has 1 saturated carbocycles. The average molecular weight is 225 g/mol. The highest BCUT2D eigenvalue weighted by Crippen LogP contribution is 2.39. The number of nitrogens with zero attached hydrogens (tertiary/aromatic N) is 1. The standard InChI is InChI=1S/C13H27N3/c1-16-7-3-12(4-8-16)9-15-11-13(10-14)5-2-6-13/h12,15H,2-11,14H2,1H3. The zero-order chi connectivity index (χ0) is 11.4. The van der Waals surface area contributed by atoms with Gasteiger partial charge in [-0.3, -0.25) is 0 Å². The first kappa shape index (κ1) is 12.3. The largest absolute Gasteiger partial charge is 0.330 e. The molecule has 0 radical (unpaired) electrons. The Labute approximate surface area is 99.8 Å². The highest BCUT2D eigenvalue weighted by atomic mass is 15.1. The molecule has 3 N–H and O–H groups in total. The Morgan fingerprint density at radius 3 is 2.50 bits per heavy atom. The summed E-state index contributed by atoms with van der Waals surface area (Å²) < 4.78 is 0. The Morgan fingerprint density at radius 1 is 1.31 bits per heavy atom. The van der Waals surface area contributed by atoms with E-state index < -0.39 is 0 Å². The van der Waals surface area contributed by atoms with Crippen LogP contribution < -0.4 is 11.1 Å². The maximum absolute atomic E-state index is 5.86. The van der Waals surface area contributed by atoms with Crippen molar-refractivity contribution in [3.8, 4) is 0 Å². The number of hydrogen-bond donors (Lipinski definition) is 2. The van der Waals surface area contributed by atoms with Crippen molar-refractivity contribution in [3.63, 3.8) is 0 Å². The molecular weight excluding hydrogens is 198 g/mol. The number of piperidine rings is 1. The third-order valence-electron chi connectivity index (χ3n) is 4.62. The molecule has 0 amide bonds. The van der Waals surface area contributed by atoms with Crippen molar-refractivity contribution >= 4 is 0 Å². The lowest BCUT2D eigenvalue weighted by Crippen LogP contribution is -2.47. The summed E-state index contributed by atoms with van der Waals surface area (Å²) in [4.78, 5) is 2.43.